The van der Waals surface area contributed by atoms with Gasteiger partial charge in [-0.05, 0) is 64.0 Å². The van der Waals surface area contributed by atoms with E-state index in [2.05, 4.69) is 18.7 Å². The maximum Gasteiger partial charge on any atom is 0.305 e. The number of hydrogen-bond donors (Lipinski definition) is 1. The third-order valence-electron chi connectivity index (χ3n) is 6.43. The summed E-state index contributed by atoms with van der Waals surface area (Å²) >= 11 is 0. The summed E-state index contributed by atoms with van der Waals surface area (Å²) in [6, 6.07) is 0. The fourth-order valence-electron chi connectivity index (χ4n) is 4.37. The molecular weight excluding hydrogens is 414 g/mol. The van der Waals surface area contributed by atoms with Crippen LogP contribution >= 0.6 is 0 Å². The number of aliphatic hydroxyl groups excluding tert-OH is 1. The highest BCUT2D eigenvalue weighted by Gasteiger charge is 2.12. The van der Waals surface area contributed by atoms with Crippen molar-refractivity contribution in [3.63, 3.8) is 0 Å². The highest BCUT2D eigenvalue weighted by atomic mass is 16.5. The largest absolute Gasteiger partial charge is 0.465 e. The zero-order chi connectivity index (χ0) is 24.4. The number of unbranched alkanes of at least 4 members (excludes halogenated alkanes) is 10. The van der Waals surface area contributed by atoms with Crippen LogP contribution in [0.2, 0.25) is 0 Å². The number of aliphatic hydroxyl groups is 1. The Morgan fingerprint density at radius 3 is 2.09 bits per heavy atom. The molecule has 0 aliphatic carbocycles. The van der Waals surface area contributed by atoms with Crippen LogP contribution in [0.25, 0.3) is 0 Å². The average molecular weight is 470 g/mol. The number of nitrogens with zero attached hydrogens (tertiary/aromatic N) is 1. The Hall–Kier alpha value is -0.940. The van der Waals surface area contributed by atoms with Crippen LogP contribution in [0.3, 0.4) is 0 Å². The molecule has 0 rings (SSSR count). The van der Waals surface area contributed by atoms with Crippen LogP contribution in [0.4, 0.5) is 0 Å². The Labute approximate surface area is 205 Å². The summed E-state index contributed by atoms with van der Waals surface area (Å²) < 4.78 is 5.62. The van der Waals surface area contributed by atoms with Crippen LogP contribution < -0.4 is 0 Å². The normalized spacial score (nSPS) is 12.2. The molecule has 0 amide bonds. The van der Waals surface area contributed by atoms with Crippen LogP contribution in [-0.2, 0) is 14.3 Å². The minimum Gasteiger partial charge on any atom is -0.465 e. The molecule has 1 atom stereocenters. The third-order valence-corrected chi connectivity index (χ3v) is 6.43. The lowest BCUT2D eigenvalue weighted by Gasteiger charge is -2.22. The zero-order valence-corrected chi connectivity index (χ0v) is 22.0. The lowest BCUT2D eigenvalue weighted by Crippen LogP contribution is -2.28. The standard InChI is InChI=1S/C28H55NO4/c1-3-5-6-7-8-12-19-27(18-4-2)26-33-28(32)20-13-11-15-22-29(23-17-25-31)21-14-9-10-16-24-30/h24,27,31H,3-23,25-26H2,1-2H3. The quantitative estimate of drug-likeness (QED) is 0.0867. The molecule has 0 bridgehead atoms. The number of carbonyl (C=O) groups is 2. The molecule has 0 saturated heterocycles. The molecule has 0 aromatic heterocycles. The minimum absolute atomic E-state index is 0.0358. The van der Waals surface area contributed by atoms with Gasteiger partial charge in [0.05, 0.1) is 6.61 Å². The first-order chi connectivity index (χ1) is 16.2. The third kappa shape index (κ3) is 22.6. The van der Waals surface area contributed by atoms with Gasteiger partial charge in [-0.1, -0.05) is 71.6 Å². The highest BCUT2D eigenvalue weighted by molar-refractivity contribution is 5.69. The molecule has 5 nitrogen and oxygen atoms in total. The summed E-state index contributed by atoms with van der Waals surface area (Å²) in [6.45, 7) is 8.25. The van der Waals surface area contributed by atoms with Gasteiger partial charge in [-0.2, -0.15) is 0 Å². The Morgan fingerprint density at radius 1 is 0.788 bits per heavy atom. The van der Waals surface area contributed by atoms with Crippen molar-refractivity contribution < 1.29 is 19.4 Å². The monoisotopic (exact) mass is 469 g/mol. The molecule has 0 heterocycles. The molecule has 0 aliphatic heterocycles. The van der Waals surface area contributed by atoms with Crippen LogP contribution in [0.15, 0.2) is 0 Å². The van der Waals surface area contributed by atoms with E-state index in [-0.39, 0.29) is 12.6 Å². The van der Waals surface area contributed by atoms with Gasteiger partial charge in [-0.3, -0.25) is 4.79 Å². The first-order valence-electron chi connectivity index (χ1n) is 14.1. The maximum atomic E-state index is 12.2. The SMILES string of the molecule is CCCCCCCCC(CCC)COC(=O)CCCCCN(CCCO)CCCCCC=O. The first kappa shape index (κ1) is 32.1. The fourth-order valence-corrected chi connectivity index (χ4v) is 4.37. The van der Waals surface area contributed by atoms with Crippen molar-refractivity contribution in [3.8, 4) is 0 Å². The van der Waals surface area contributed by atoms with Crippen molar-refractivity contribution in [1.82, 2.24) is 4.90 Å². The molecule has 1 N–H and O–H groups in total. The molecule has 0 fully saturated rings. The summed E-state index contributed by atoms with van der Waals surface area (Å²) in [5, 5.41) is 9.13. The molecule has 0 aromatic rings. The molecule has 1 unspecified atom stereocenters. The number of hydrogen-bond acceptors (Lipinski definition) is 5. The summed E-state index contributed by atoms with van der Waals surface area (Å²) in [5.74, 6) is 0.489. The average Bonchev–Trinajstić information content (AvgIpc) is 2.82. The van der Waals surface area contributed by atoms with E-state index in [0.717, 1.165) is 83.7 Å². The number of ether oxygens (including phenoxy) is 1. The van der Waals surface area contributed by atoms with E-state index in [1.54, 1.807) is 0 Å². The molecule has 5 heteroatoms. The van der Waals surface area contributed by atoms with Gasteiger partial charge in [-0.25, -0.2) is 0 Å². The molecule has 0 radical (unpaired) electrons. The fraction of sp³-hybridized carbons (Fsp3) is 0.929. The van der Waals surface area contributed by atoms with Crippen molar-refractivity contribution >= 4 is 12.3 Å². The van der Waals surface area contributed by atoms with Gasteiger partial charge in [-0.15, -0.1) is 0 Å². The topological polar surface area (TPSA) is 66.8 Å². The summed E-state index contributed by atoms with van der Waals surface area (Å²) in [5.41, 5.74) is 0. The Bertz CT molecular complexity index is 430. The van der Waals surface area contributed by atoms with E-state index in [0.29, 0.717) is 25.4 Å². The van der Waals surface area contributed by atoms with E-state index < -0.39 is 0 Å². The maximum absolute atomic E-state index is 12.2. The van der Waals surface area contributed by atoms with Crippen LogP contribution in [0.5, 0.6) is 0 Å². The molecular formula is C28H55NO4. The van der Waals surface area contributed by atoms with Crippen molar-refractivity contribution in [2.75, 3.05) is 32.8 Å². The summed E-state index contributed by atoms with van der Waals surface area (Å²) in [4.78, 5) is 25.0. The van der Waals surface area contributed by atoms with Gasteiger partial charge in [0.2, 0.25) is 0 Å². The first-order valence-corrected chi connectivity index (χ1v) is 14.1. The summed E-state index contributed by atoms with van der Waals surface area (Å²) in [7, 11) is 0. The molecule has 0 spiro atoms. The molecule has 33 heavy (non-hydrogen) atoms. The zero-order valence-electron chi connectivity index (χ0n) is 22.0. The number of esters is 1. The Morgan fingerprint density at radius 2 is 1.42 bits per heavy atom. The van der Waals surface area contributed by atoms with Crippen LogP contribution in [-0.4, -0.2) is 55.1 Å². The Balaban J connectivity index is 3.91. The van der Waals surface area contributed by atoms with E-state index in [1.807, 2.05) is 0 Å². The minimum atomic E-state index is -0.0358. The van der Waals surface area contributed by atoms with Crippen LogP contribution in [0.1, 0.15) is 129 Å². The van der Waals surface area contributed by atoms with Gasteiger partial charge in [0.15, 0.2) is 0 Å². The van der Waals surface area contributed by atoms with Gasteiger partial charge in [0.25, 0.3) is 0 Å². The van der Waals surface area contributed by atoms with E-state index >= 15 is 0 Å². The second kappa shape index (κ2) is 25.7. The predicted molar refractivity (Wildman–Crippen MR) is 138 cm³/mol. The second-order valence-electron chi connectivity index (χ2n) is 9.64. The number of rotatable bonds is 26. The number of carbonyl (C=O) groups excluding carboxylic acids is 2. The van der Waals surface area contributed by atoms with Crippen molar-refractivity contribution in [3.05, 3.63) is 0 Å². The van der Waals surface area contributed by atoms with E-state index in [4.69, 9.17) is 9.84 Å². The molecule has 196 valence electrons. The van der Waals surface area contributed by atoms with Gasteiger partial charge in [0.1, 0.15) is 6.29 Å². The van der Waals surface area contributed by atoms with Gasteiger partial charge >= 0.3 is 5.97 Å². The lowest BCUT2D eigenvalue weighted by molar-refractivity contribution is -0.145. The predicted octanol–water partition coefficient (Wildman–Crippen LogP) is 6.70. The van der Waals surface area contributed by atoms with Crippen molar-refractivity contribution in [2.24, 2.45) is 5.92 Å². The summed E-state index contributed by atoms with van der Waals surface area (Å²) in [6.07, 6.45) is 20.5. The second-order valence-corrected chi connectivity index (χ2v) is 9.64. The smallest absolute Gasteiger partial charge is 0.305 e. The number of aldehydes is 1. The highest BCUT2D eigenvalue weighted by Crippen LogP contribution is 2.18. The van der Waals surface area contributed by atoms with E-state index in [9.17, 15) is 9.59 Å². The van der Waals surface area contributed by atoms with Crippen molar-refractivity contribution in [1.29, 1.82) is 0 Å². The van der Waals surface area contributed by atoms with Crippen LogP contribution in [0, 0.1) is 5.92 Å². The molecule has 0 aromatic carbocycles. The molecule has 0 saturated carbocycles. The van der Waals surface area contributed by atoms with E-state index in [1.165, 1.54) is 44.9 Å². The van der Waals surface area contributed by atoms with Gasteiger partial charge < -0.3 is 19.5 Å². The lowest BCUT2D eigenvalue weighted by atomic mass is 9.97. The molecule has 0 aliphatic rings. The van der Waals surface area contributed by atoms with Gasteiger partial charge in [0, 0.05) is 26.0 Å². The Kier molecular flexibility index (Phi) is 24.9. The van der Waals surface area contributed by atoms with Crippen molar-refractivity contribution in [2.45, 2.75) is 129 Å².